The molecule has 0 fully saturated rings. The predicted molar refractivity (Wildman–Crippen MR) is 86.4 cm³/mol. The molecule has 0 aliphatic heterocycles. The fourth-order valence-corrected chi connectivity index (χ4v) is 2.50. The summed E-state index contributed by atoms with van der Waals surface area (Å²) in [6.07, 6.45) is 0.756. The topological polar surface area (TPSA) is 47.8 Å². The molecule has 3 rings (SSSR count). The quantitative estimate of drug-likeness (QED) is 0.692. The molecule has 1 heterocycles. The van der Waals surface area contributed by atoms with E-state index in [2.05, 4.69) is 36.3 Å². The van der Waals surface area contributed by atoms with E-state index in [9.17, 15) is 4.79 Å². The Morgan fingerprint density at radius 1 is 0.955 bits per heavy atom. The van der Waals surface area contributed by atoms with Gasteiger partial charge < -0.3 is 0 Å². The average molecular weight is 291 g/mol. The molecule has 1 aromatic heterocycles. The van der Waals surface area contributed by atoms with Crippen molar-refractivity contribution in [2.75, 3.05) is 0 Å². The number of aryl methyl sites for hydroxylation is 3. The SMILES string of the molecule is Cc1ccc(-c2c(C=O)nnn2-c2ccccc2C)cc1C. The van der Waals surface area contributed by atoms with Crippen molar-refractivity contribution in [1.82, 2.24) is 15.0 Å². The Morgan fingerprint density at radius 3 is 2.41 bits per heavy atom. The van der Waals surface area contributed by atoms with Gasteiger partial charge in [-0.3, -0.25) is 4.79 Å². The number of hydrogen-bond acceptors (Lipinski definition) is 3. The number of aldehydes is 1. The van der Waals surface area contributed by atoms with Gasteiger partial charge in [-0.25, -0.2) is 4.68 Å². The largest absolute Gasteiger partial charge is 0.296 e. The van der Waals surface area contributed by atoms with Crippen molar-refractivity contribution < 1.29 is 4.79 Å². The summed E-state index contributed by atoms with van der Waals surface area (Å²) in [5.41, 5.74) is 6.42. The van der Waals surface area contributed by atoms with Crippen molar-refractivity contribution in [3.63, 3.8) is 0 Å². The van der Waals surface area contributed by atoms with Gasteiger partial charge >= 0.3 is 0 Å². The number of carbonyl (C=O) groups is 1. The highest BCUT2D eigenvalue weighted by molar-refractivity contribution is 5.84. The Labute approximate surface area is 129 Å². The minimum Gasteiger partial charge on any atom is -0.296 e. The van der Waals surface area contributed by atoms with Crippen LogP contribution in [0.3, 0.4) is 0 Å². The third-order valence-corrected chi connectivity index (χ3v) is 3.93. The summed E-state index contributed by atoms with van der Waals surface area (Å²) in [6.45, 7) is 6.14. The normalized spacial score (nSPS) is 10.7. The van der Waals surface area contributed by atoms with Crippen molar-refractivity contribution in [3.05, 3.63) is 64.8 Å². The fourth-order valence-electron chi connectivity index (χ4n) is 2.50. The second-order valence-electron chi connectivity index (χ2n) is 5.44. The molecular weight excluding hydrogens is 274 g/mol. The Balaban J connectivity index is 2.26. The van der Waals surface area contributed by atoms with Crippen LogP contribution in [0, 0.1) is 20.8 Å². The van der Waals surface area contributed by atoms with E-state index in [1.54, 1.807) is 4.68 Å². The van der Waals surface area contributed by atoms with Gasteiger partial charge in [0.05, 0.1) is 5.69 Å². The third kappa shape index (κ3) is 2.33. The Hall–Kier alpha value is -2.75. The highest BCUT2D eigenvalue weighted by Gasteiger charge is 2.17. The Bertz CT molecular complexity index is 849. The summed E-state index contributed by atoms with van der Waals surface area (Å²) < 4.78 is 1.74. The highest BCUT2D eigenvalue weighted by atomic mass is 16.1. The zero-order chi connectivity index (χ0) is 15.7. The average Bonchev–Trinajstić information content (AvgIpc) is 2.94. The lowest BCUT2D eigenvalue weighted by Crippen LogP contribution is -2.02. The lowest BCUT2D eigenvalue weighted by atomic mass is 10.0. The third-order valence-electron chi connectivity index (χ3n) is 3.93. The first kappa shape index (κ1) is 14.2. The molecule has 0 atom stereocenters. The first-order valence-electron chi connectivity index (χ1n) is 7.16. The summed E-state index contributed by atoms with van der Waals surface area (Å²) in [5.74, 6) is 0. The maximum atomic E-state index is 11.4. The van der Waals surface area contributed by atoms with Gasteiger partial charge in [0.15, 0.2) is 12.0 Å². The molecule has 0 bridgehead atoms. The van der Waals surface area contributed by atoms with E-state index in [1.165, 1.54) is 11.1 Å². The molecule has 110 valence electrons. The highest BCUT2D eigenvalue weighted by Crippen LogP contribution is 2.27. The van der Waals surface area contributed by atoms with E-state index >= 15 is 0 Å². The van der Waals surface area contributed by atoms with E-state index in [-0.39, 0.29) is 0 Å². The van der Waals surface area contributed by atoms with Crippen LogP contribution >= 0.6 is 0 Å². The van der Waals surface area contributed by atoms with Gasteiger partial charge in [0.25, 0.3) is 0 Å². The fraction of sp³-hybridized carbons (Fsp3) is 0.167. The van der Waals surface area contributed by atoms with Gasteiger partial charge in [-0.1, -0.05) is 35.5 Å². The monoisotopic (exact) mass is 291 g/mol. The molecule has 4 heteroatoms. The van der Waals surface area contributed by atoms with E-state index in [4.69, 9.17) is 0 Å². The first-order chi connectivity index (χ1) is 10.6. The molecule has 0 radical (unpaired) electrons. The van der Waals surface area contributed by atoms with Crippen LogP contribution in [-0.2, 0) is 0 Å². The number of aromatic nitrogens is 3. The molecule has 0 saturated carbocycles. The molecule has 4 nitrogen and oxygen atoms in total. The number of nitrogens with zero attached hydrogens (tertiary/aromatic N) is 3. The molecule has 0 spiro atoms. The summed E-state index contributed by atoms with van der Waals surface area (Å²) >= 11 is 0. The molecule has 3 aromatic rings. The van der Waals surface area contributed by atoms with Gasteiger partial charge in [0.1, 0.15) is 5.69 Å². The van der Waals surface area contributed by atoms with Crippen molar-refractivity contribution in [2.24, 2.45) is 0 Å². The van der Waals surface area contributed by atoms with Gasteiger partial charge in [0.2, 0.25) is 0 Å². The van der Waals surface area contributed by atoms with Crippen molar-refractivity contribution >= 4 is 6.29 Å². The van der Waals surface area contributed by atoms with Crippen LogP contribution in [0.4, 0.5) is 0 Å². The molecule has 0 amide bonds. The Morgan fingerprint density at radius 2 is 1.73 bits per heavy atom. The van der Waals surface area contributed by atoms with Crippen LogP contribution in [-0.4, -0.2) is 21.3 Å². The minimum absolute atomic E-state index is 0.353. The zero-order valence-corrected chi connectivity index (χ0v) is 12.9. The Kier molecular flexibility index (Phi) is 3.59. The summed E-state index contributed by atoms with van der Waals surface area (Å²) in [6, 6.07) is 14.0. The van der Waals surface area contributed by atoms with Crippen LogP contribution in [0.5, 0.6) is 0 Å². The molecule has 22 heavy (non-hydrogen) atoms. The molecule has 0 unspecified atom stereocenters. The van der Waals surface area contributed by atoms with Gasteiger partial charge in [-0.2, -0.15) is 0 Å². The summed E-state index contributed by atoms with van der Waals surface area (Å²) in [7, 11) is 0. The smallest absolute Gasteiger partial charge is 0.172 e. The predicted octanol–water partition coefficient (Wildman–Crippen LogP) is 3.67. The number of para-hydroxylation sites is 1. The van der Waals surface area contributed by atoms with Gasteiger partial charge in [-0.15, -0.1) is 5.10 Å². The summed E-state index contributed by atoms with van der Waals surface area (Å²) in [5, 5.41) is 8.21. The van der Waals surface area contributed by atoms with Crippen LogP contribution in [0.15, 0.2) is 42.5 Å². The maximum Gasteiger partial charge on any atom is 0.172 e. The lowest BCUT2D eigenvalue weighted by Gasteiger charge is -2.11. The van der Waals surface area contributed by atoms with E-state index < -0.39 is 0 Å². The molecule has 0 saturated heterocycles. The van der Waals surface area contributed by atoms with Crippen LogP contribution in [0.25, 0.3) is 16.9 Å². The van der Waals surface area contributed by atoms with Gasteiger partial charge in [-0.05, 0) is 49.6 Å². The van der Waals surface area contributed by atoms with Crippen molar-refractivity contribution in [3.8, 4) is 16.9 Å². The number of hydrogen-bond donors (Lipinski definition) is 0. The zero-order valence-electron chi connectivity index (χ0n) is 12.9. The molecule has 0 aliphatic carbocycles. The summed E-state index contributed by atoms with van der Waals surface area (Å²) in [4.78, 5) is 11.4. The number of carbonyl (C=O) groups excluding carboxylic acids is 1. The standard InChI is InChI=1S/C18H17N3O/c1-12-8-9-15(10-14(12)3)18-16(11-22)19-20-21(18)17-7-5-4-6-13(17)2/h4-11H,1-3H3. The van der Waals surface area contributed by atoms with E-state index in [0.29, 0.717) is 5.69 Å². The van der Waals surface area contributed by atoms with Crippen LogP contribution in [0.2, 0.25) is 0 Å². The van der Waals surface area contributed by atoms with E-state index in [1.807, 2.05) is 37.3 Å². The maximum absolute atomic E-state index is 11.4. The van der Waals surface area contributed by atoms with E-state index in [0.717, 1.165) is 28.8 Å². The molecule has 0 N–H and O–H groups in total. The number of rotatable bonds is 3. The molecule has 0 aliphatic rings. The molecular formula is C18H17N3O. The molecule has 2 aromatic carbocycles. The first-order valence-corrected chi connectivity index (χ1v) is 7.16. The number of benzene rings is 2. The van der Waals surface area contributed by atoms with Crippen LogP contribution in [0.1, 0.15) is 27.2 Å². The van der Waals surface area contributed by atoms with Crippen LogP contribution < -0.4 is 0 Å². The van der Waals surface area contributed by atoms with Crippen molar-refractivity contribution in [2.45, 2.75) is 20.8 Å². The second kappa shape index (κ2) is 5.56. The minimum atomic E-state index is 0.353. The second-order valence-corrected chi connectivity index (χ2v) is 5.44. The lowest BCUT2D eigenvalue weighted by molar-refractivity contribution is 0.111. The van der Waals surface area contributed by atoms with Crippen molar-refractivity contribution in [1.29, 1.82) is 0 Å². The van der Waals surface area contributed by atoms with Gasteiger partial charge in [0, 0.05) is 5.56 Å².